The minimum atomic E-state index is 0. The summed E-state index contributed by atoms with van der Waals surface area (Å²) in [5.74, 6) is 0. The van der Waals surface area contributed by atoms with Gasteiger partial charge in [0.2, 0.25) is 0 Å². The summed E-state index contributed by atoms with van der Waals surface area (Å²) in [7, 11) is 8.23. The van der Waals surface area contributed by atoms with Gasteiger partial charge in [0.05, 0.1) is 0 Å². The number of benzene rings is 6. The molecular formula is C44H40N8Os. The normalized spacial score (nSPS) is 14.6. The van der Waals surface area contributed by atoms with E-state index in [1.807, 2.05) is 44.0 Å². The Morgan fingerprint density at radius 1 is 0.415 bits per heavy atom. The first-order valence-electron chi connectivity index (χ1n) is 17.3. The van der Waals surface area contributed by atoms with Crippen LogP contribution in [-0.4, -0.2) is 28.2 Å². The van der Waals surface area contributed by atoms with Gasteiger partial charge in [0.15, 0.2) is 0 Å². The second kappa shape index (κ2) is 15.5. The smallest absolute Gasteiger partial charge is 0.515 e. The fourth-order valence-electron chi connectivity index (χ4n) is 6.77. The summed E-state index contributed by atoms with van der Waals surface area (Å²) in [4.78, 5) is 15.0. The van der Waals surface area contributed by atoms with Gasteiger partial charge in [-0.1, -0.05) is 48.5 Å². The van der Waals surface area contributed by atoms with Crippen molar-refractivity contribution in [1.82, 2.24) is 0 Å². The predicted octanol–water partition coefficient (Wildman–Crippen LogP) is 9.76. The maximum atomic E-state index is 3.59. The van der Waals surface area contributed by atoms with E-state index in [2.05, 4.69) is 202 Å². The van der Waals surface area contributed by atoms with Crippen molar-refractivity contribution in [2.45, 2.75) is 0 Å². The van der Waals surface area contributed by atoms with Crippen LogP contribution in [0.3, 0.4) is 0 Å². The molecule has 9 heteroatoms. The quantitative estimate of drug-likeness (QED) is 0.176. The number of hydrogen-bond donors (Lipinski definition) is 1. The Balaban J connectivity index is 0.000000137. The van der Waals surface area contributed by atoms with Crippen molar-refractivity contribution in [2.75, 3.05) is 67.8 Å². The molecule has 0 unspecified atom stereocenters. The molecule has 264 valence electrons. The molecule has 0 saturated heterocycles. The van der Waals surface area contributed by atoms with E-state index in [-0.39, 0.29) is 19.8 Å². The zero-order chi connectivity index (χ0) is 35.6. The first-order valence-corrected chi connectivity index (χ1v) is 17.3. The van der Waals surface area contributed by atoms with Gasteiger partial charge in [-0.25, -0.2) is 0 Å². The number of fused-ring (bicyclic) bond motifs is 4. The Morgan fingerprint density at radius 3 is 1.26 bits per heavy atom. The van der Waals surface area contributed by atoms with Crippen molar-refractivity contribution in [3.8, 4) is 0 Å². The molecule has 1 N–H and O–H groups in total. The fraction of sp³-hybridized carbons (Fsp3) is 0.0909. The summed E-state index contributed by atoms with van der Waals surface area (Å²) in [6, 6.07) is 54.5. The van der Waals surface area contributed by atoms with E-state index in [4.69, 9.17) is 0 Å². The predicted molar refractivity (Wildman–Crippen MR) is 217 cm³/mol. The number of rotatable bonds is 3. The monoisotopic (exact) mass is 872 g/mol. The molecule has 8 nitrogen and oxygen atoms in total. The van der Waals surface area contributed by atoms with Gasteiger partial charge in [0, 0.05) is 45.5 Å². The Bertz CT molecular complexity index is 2080. The number of anilines is 11. The summed E-state index contributed by atoms with van der Waals surface area (Å²) in [5.41, 5.74) is 12.7. The molecule has 0 fully saturated rings. The molecule has 0 amide bonds. The SMILES string of the molecule is CN1[CH-]N(c2[c-]c(N3[CH-]N(C)c4ccccc43)ccc2)c2ccccc21.CN1[CH-]N(c2[c-]cccc2)c2ccccc21.CN1[CH-]Nc2ccccc21.[Os+6]. The van der Waals surface area contributed by atoms with E-state index in [1.165, 1.54) is 45.5 Å². The molecule has 0 aliphatic carbocycles. The van der Waals surface area contributed by atoms with Gasteiger partial charge >= 0.3 is 19.8 Å². The maximum Gasteiger partial charge on any atom is 6.00 e. The van der Waals surface area contributed by atoms with Crippen molar-refractivity contribution in [3.05, 3.63) is 178 Å². The van der Waals surface area contributed by atoms with Crippen molar-refractivity contribution in [3.63, 3.8) is 0 Å². The average molecular weight is 871 g/mol. The zero-order valence-corrected chi connectivity index (χ0v) is 32.6. The summed E-state index contributed by atoms with van der Waals surface area (Å²) < 4.78 is 0. The van der Waals surface area contributed by atoms with Crippen molar-refractivity contribution in [1.29, 1.82) is 0 Å². The first-order chi connectivity index (χ1) is 25.5. The standard InChI is InChI=1S/C22H19N4.C14H12N2.C8H9N2.Os/c1-23-15-25(21-12-5-3-10-19(21)23)17-8-7-9-18(14-17)26-16-24(2)20-11-4-6-13-22(20)26;1-15-11-16(12-7-3-2-4-8-12)14-10-6-5-9-13(14)15;1-10-6-9-7-4-2-3-5-8(7)10;/h3-13,15-16H,1-2H3;2-7,9-11H,1H3;2-6,9H,1H3;/q-3;-2;-1;+6. The number of para-hydroxylation sites is 9. The number of hydrogen-bond acceptors (Lipinski definition) is 8. The van der Waals surface area contributed by atoms with Crippen LogP contribution >= 0.6 is 0 Å². The van der Waals surface area contributed by atoms with Crippen LogP contribution in [0.2, 0.25) is 0 Å². The van der Waals surface area contributed by atoms with Crippen LogP contribution in [-0.2, 0) is 19.8 Å². The molecule has 6 aromatic rings. The minimum Gasteiger partial charge on any atom is -0.515 e. The van der Waals surface area contributed by atoms with Crippen LogP contribution in [0.15, 0.2) is 140 Å². The third-order valence-corrected chi connectivity index (χ3v) is 9.36. The van der Waals surface area contributed by atoms with Gasteiger partial charge < -0.3 is 39.6 Å². The summed E-state index contributed by atoms with van der Waals surface area (Å²) in [6.07, 6.45) is 0. The van der Waals surface area contributed by atoms with E-state index >= 15 is 0 Å². The molecule has 4 aliphatic heterocycles. The van der Waals surface area contributed by atoms with E-state index in [0.717, 1.165) is 17.1 Å². The molecule has 53 heavy (non-hydrogen) atoms. The average Bonchev–Trinajstić information content (AvgIpc) is 3.95. The second-order valence-corrected chi connectivity index (χ2v) is 12.8. The van der Waals surface area contributed by atoms with E-state index in [1.54, 1.807) is 0 Å². The van der Waals surface area contributed by atoms with Gasteiger partial charge in [0.1, 0.15) is 0 Å². The summed E-state index contributed by atoms with van der Waals surface area (Å²) in [6.45, 7) is 8.24. The van der Waals surface area contributed by atoms with Gasteiger partial charge in [-0.2, -0.15) is 63.1 Å². The van der Waals surface area contributed by atoms with Crippen LogP contribution in [0.25, 0.3) is 0 Å². The topological polar surface area (TPSA) is 34.7 Å². The van der Waals surface area contributed by atoms with Gasteiger partial charge in [-0.3, -0.25) is 0 Å². The molecule has 0 atom stereocenters. The third-order valence-electron chi connectivity index (χ3n) is 9.36. The van der Waals surface area contributed by atoms with Gasteiger partial charge in [0.25, 0.3) is 0 Å². The summed E-state index contributed by atoms with van der Waals surface area (Å²) in [5, 5.41) is 3.15. The maximum absolute atomic E-state index is 3.59. The minimum absolute atomic E-state index is 0. The Kier molecular flexibility index (Phi) is 10.5. The van der Waals surface area contributed by atoms with Crippen molar-refractivity contribution in [2.24, 2.45) is 0 Å². The Hall–Kier alpha value is -5.64. The largest absolute Gasteiger partial charge is 6.00 e. The molecule has 6 aromatic carbocycles. The molecule has 0 radical (unpaired) electrons. The van der Waals surface area contributed by atoms with Crippen LogP contribution in [0.5, 0.6) is 0 Å². The van der Waals surface area contributed by atoms with Gasteiger partial charge in [-0.05, 0) is 76.7 Å². The molecule has 0 bridgehead atoms. The third kappa shape index (κ3) is 7.10. The van der Waals surface area contributed by atoms with Crippen molar-refractivity contribution < 1.29 is 19.8 Å². The van der Waals surface area contributed by atoms with E-state index in [0.29, 0.717) is 0 Å². The molecule has 10 rings (SSSR count). The van der Waals surface area contributed by atoms with Crippen LogP contribution in [0.1, 0.15) is 0 Å². The molecule has 4 aliphatic rings. The second-order valence-electron chi connectivity index (χ2n) is 12.8. The number of nitrogens with one attached hydrogen (secondary N) is 1. The van der Waals surface area contributed by atoms with Crippen molar-refractivity contribution >= 4 is 62.6 Å². The van der Waals surface area contributed by atoms with Gasteiger partial charge in [-0.15, -0.1) is 35.3 Å². The molecule has 0 aromatic heterocycles. The van der Waals surface area contributed by atoms with Crippen LogP contribution < -0.4 is 39.6 Å². The molecule has 4 heterocycles. The molecular weight excluding hydrogens is 831 g/mol. The van der Waals surface area contributed by atoms with Crippen LogP contribution in [0.4, 0.5) is 62.6 Å². The first kappa shape index (κ1) is 35.7. The zero-order valence-electron chi connectivity index (χ0n) is 30.1. The Morgan fingerprint density at radius 2 is 0.811 bits per heavy atom. The molecule has 0 saturated carbocycles. The van der Waals surface area contributed by atoms with E-state index < -0.39 is 0 Å². The molecule has 0 spiro atoms. The fourth-order valence-corrected chi connectivity index (χ4v) is 6.77. The summed E-state index contributed by atoms with van der Waals surface area (Å²) >= 11 is 0. The Labute approximate surface area is 327 Å². The van der Waals surface area contributed by atoms with E-state index in [9.17, 15) is 0 Å². The number of nitrogens with zero attached hydrogens (tertiary/aromatic N) is 7. The van der Waals surface area contributed by atoms with Crippen LogP contribution in [0, 0.1) is 38.8 Å².